The Labute approximate surface area is 143 Å². The standard InChI is InChI=1S/C18H22N2O2.ClH/c1-11(2)15-9-16(12(3)8-17(15)21)20-18(22)14-6-4-13(10-19)5-7-14;/h4-9,11,21H,10,19H2,1-3H3,(H,20,22);1H. The summed E-state index contributed by atoms with van der Waals surface area (Å²) in [6, 6.07) is 10.7. The molecule has 0 aliphatic rings. The predicted octanol–water partition coefficient (Wildman–Crippen LogP) is 3.96. The number of carbonyl (C=O) groups is 1. The first-order chi connectivity index (χ1) is 10.4. The smallest absolute Gasteiger partial charge is 0.255 e. The maximum atomic E-state index is 12.3. The Bertz CT molecular complexity index is 682. The molecular weight excluding hydrogens is 312 g/mol. The van der Waals surface area contributed by atoms with Crippen molar-refractivity contribution >= 4 is 24.0 Å². The lowest BCUT2D eigenvalue weighted by Crippen LogP contribution is -2.13. The second-order valence-electron chi connectivity index (χ2n) is 5.74. The summed E-state index contributed by atoms with van der Waals surface area (Å²) in [4.78, 5) is 12.3. The highest BCUT2D eigenvalue weighted by Gasteiger charge is 2.13. The van der Waals surface area contributed by atoms with Crippen LogP contribution in [0.5, 0.6) is 5.75 Å². The van der Waals surface area contributed by atoms with Crippen LogP contribution < -0.4 is 11.1 Å². The molecule has 0 fully saturated rings. The summed E-state index contributed by atoms with van der Waals surface area (Å²) >= 11 is 0. The number of carbonyl (C=O) groups excluding carboxylic acids is 1. The maximum absolute atomic E-state index is 12.3. The topological polar surface area (TPSA) is 75.3 Å². The summed E-state index contributed by atoms with van der Waals surface area (Å²) in [5.41, 5.74) is 9.48. The summed E-state index contributed by atoms with van der Waals surface area (Å²) in [5.74, 6) is 0.268. The molecule has 4 nitrogen and oxygen atoms in total. The minimum atomic E-state index is -0.174. The molecule has 0 spiro atoms. The number of phenolic OH excluding ortho intramolecular Hbond substituents is 1. The van der Waals surface area contributed by atoms with Crippen LogP contribution in [-0.2, 0) is 6.54 Å². The van der Waals surface area contributed by atoms with E-state index < -0.39 is 0 Å². The molecular formula is C18H23ClN2O2. The van der Waals surface area contributed by atoms with Gasteiger partial charge in [-0.05, 0) is 53.8 Å². The van der Waals surface area contributed by atoms with Gasteiger partial charge in [0, 0.05) is 17.8 Å². The Kier molecular flexibility index (Phi) is 6.61. The number of rotatable bonds is 4. The molecule has 0 aromatic heterocycles. The van der Waals surface area contributed by atoms with Crippen molar-refractivity contribution in [1.29, 1.82) is 0 Å². The molecule has 0 aliphatic carbocycles. The Morgan fingerprint density at radius 2 is 1.83 bits per heavy atom. The van der Waals surface area contributed by atoms with Gasteiger partial charge in [0.25, 0.3) is 5.91 Å². The lowest BCUT2D eigenvalue weighted by Gasteiger charge is -2.14. The largest absolute Gasteiger partial charge is 0.508 e. The summed E-state index contributed by atoms with van der Waals surface area (Å²) in [5, 5.41) is 12.9. The van der Waals surface area contributed by atoms with Crippen LogP contribution in [-0.4, -0.2) is 11.0 Å². The van der Waals surface area contributed by atoms with Crippen LogP contribution in [0.4, 0.5) is 5.69 Å². The Hall–Kier alpha value is -2.04. The van der Waals surface area contributed by atoms with Crippen LogP contribution in [0.3, 0.4) is 0 Å². The number of aromatic hydroxyl groups is 1. The molecule has 1 amide bonds. The van der Waals surface area contributed by atoms with Crippen molar-refractivity contribution < 1.29 is 9.90 Å². The highest BCUT2D eigenvalue weighted by molar-refractivity contribution is 6.04. The van der Waals surface area contributed by atoms with E-state index in [-0.39, 0.29) is 30.0 Å². The number of amides is 1. The lowest BCUT2D eigenvalue weighted by atomic mass is 9.99. The van der Waals surface area contributed by atoms with Gasteiger partial charge in [0.1, 0.15) is 5.75 Å². The first-order valence-corrected chi connectivity index (χ1v) is 7.36. The summed E-state index contributed by atoms with van der Waals surface area (Å²) in [6.45, 7) is 6.32. The molecule has 0 saturated carbocycles. The van der Waals surface area contributed by atoms with Gasteiger partial charge in [-0.1, -0.05) is 26.0 Å². The number of hydrogen-bond acceptors (Lipinski definition) is 3. The summed E-state index contributed by atoms with van der Waals surface area (Å²) in [7, 11) is 0. The molecule has 2 aromatic rings. The van der Waals surface area contributed by atoms with E-state index in [4.69, 9.17) is 5.73 Å². The molecule has 0 radical (unpaired) electrons. The van der Waals surface area contributed by atoms with Crippen LogP contribution in [0.1, 0.15) is 46.8 Å². The highest BCUT2D eigenvalue weighted by atomic mass is 35.5. The van der Waals surface area contributed by atoms with Crippen molar-refractivity contribution in [3.8, 4) is 5.75 Å². The first-order valence-electron chi connectivity index (χ1n) is 7.36. The number of hydrogen-bond donors (Lipinski definition) is 3. The zero-order chi connectivity index (χ0) is 16.3. The molecule has 0 heterocycles. The highest BCUT2D eigenvalue weighted by Crippen LogP contribution is 2.31. The van der Waals surface area contributed by atoms with Crippen molar-refractivity contribution in [2.45, 2.75) is 33.2 Å². The van der Waals surface area contributed by atoms with Gasteiger partial charge in [0.2, 0.25) is 0 Å². The quantitative estimate of drug-likeness (QED) is 0.741. The van der Waals surface area contributed by atoms with Crippen molar-refractivity contribution in [1.82, 2.24) is 0 Å². The average Bonchev–Trinajstić information content (AvgIpc) is 2.49. The molecule has 5 heteroatoms. The van der Waals surface area contributed by atoms with Crippen molar-refractivity contribution in [2.75, 3.05) is 5.32 Å². The second kappa shape index (κ2) is 7.99. The van der Waals surface area contributed by atoms with Crippen LogP contribution in [0.15, 0.2) is 36.4 Å². The average molecular weight is 335 g/mol. The van der Waals surface area contributed by atoms with Crippen molar-refractivity contribution in [3.05, 3.63) is 58.7 Å². The van der Waals surface area contributed by atoms with Gasteiger partial charge in [0.15, 0.2) is 0 Å². The number of nitrogens with one attached hydrogen (secondary N) is 1. The third kappa shape index (κ3) is 4.47. The van der Waals surface area contributed by atoms with E-state index in [0.29, 0.717) is 12.1 Å². The Morgan fingerprint density at radius 3 is 2.35 bits per heavy atom. The molecule has 2 rings (SSSR count). The van der Waals surface area contributed by atoms with Gasteiger partial charge in [0.05, 0.1) is 0 Å². The van der Waals surface area contributed by atoms with Crippen LogP contribution in [0, 0.1) is 6.92 Å². The predicted molar refractivity (Wildman–Crippen MR) is 96.5 cm³/mol. The zero-order valence-electron chi connectivity index (χ0n) is 13.6. The first kappa shape index (κ1) is 19.0. The van der Waals surface area contributed by atoms with Gasteiger partial charge in [-0.25, -0.2) is 0 Å². The number of benzene rings is 2. The fourth-order valence-corrected chi connectivity index (χ4v) is 2.29. The fraction of sp³-hybridized carbons (Fsp3) is 0.278. The molecule has 23 heavy (non-hydrogen) atoms. The Balaban J connectivity index is 0.00000264. The van der Waals surface area contributed by atoms with Gasteiger partial charge < -0.3 is 16.2 Å². The summed E-state index contributed by atoms with van der Waals surface area (Å²) < 4.78 is 0. The van der Waals surface area contributed by atoms with Crippen molar-refractivity contribution in [3.63, 3.8) is 0 Å². The van der Waals surface area contributed by atoms with E-state index >= 15 is 0 Å². The maximum Gasteiger partial charge on any atom is 0.255 e. The second-order valence-corrected chi connectivity index (χ2v) is 5.74. The SMILES string of the molecule is Cc1cc(O)c(C(C)C)cc1NC(=O)c1ccc(CN)cc1.Cl. The normalized spacial score (nSPS) is 10.3. The van der Waals surface area contributed by atoms with Crippen LogP contribution >= 0.6 is 12.4 Å². The monoisotopic (exact) mass is 334 g/mol. The number of nitrogens with two attached hydrogens (primary N) is 1. The van der Waals surface area contributed by atoms with Gasteiger partial charge in [-0.2, -0.15) is 0 Å². The molecule has 0 unspecified atom stereocenters. The number of aryl methyl sites for hydroxylation is 1. The van der Waals surface area contributed by atoms with E-state index in [1.165, 1.54) is 0 Å². The lowest BCUT2D eigenvalue weighted by molar-refractivity contribution is 0.102. The number of anilines is 1. The molecule has 0 aliphatic heterocycles. The summed E-state index contributed by atoms with van der Waals surface area (Å²) in [6.07, 6.45) is 0. The van der Waals surface area contributed by atoms with Gasteiger partial charge in [-0.3, -0.25) is 4.79 Å². The van der Waals surface area contributed by atoms with E-state index in [1.54, 1.807) is 18.2 Å². The molecule has 2 aromatic carbocycles. The third-order valence-corrected chi connectivity index (χ3v) is 3.70. The molecule has 0 atom stereocenters. The fourth-order valence-electron chi connectivity index (χ4n) is 2.29. The zero-order valence-corrected chi connectivity index (χ0v) is 14.4. The number of phenols is 1. The number of halogens is 1. The molecule has 124 valence electrons. The minimum absolute atomic E-state index is 0. The molecule has 0 bridgehead atoms. The minimum Gasteiger partial charge on any atom is -0.508 e. The van der Waals surface area contributed by atoms with Crippen LogP contribution in [0.25, 0.3) is 0 Å². The van der Waals surface area contributed by atoms with Gasteiger partial charge in [-0.15, -0.1) is 12.4 Å². The van der Waals surface area contributed by atoms with E-state index in [0.717, 1.165) is 22.4 Å². The molecule has 4 N–H and O–H groups in total. The van der Waals surface area contributed by atoms with E-state index in [9.17, 15) is 9.90 Å². The Morgan fingerprint density at radius 1 is 1.22 bits per heavy atom. The van der Waals surface area contributed by atoms with E-state index in [2.05, 4.69) is 5.32 Å². The van der Waals surface area contributed by atoms with Gasteiger partial charge >= 0.3 is 0 Å². The van der Waals surface area contributed by atoms with E-state index in [1.807, 2.05) is 39.0 Å². The van der Waals surface area contributed by atoms with Crippen LogP contribution in [0.2, 0.25) is 0 Å². The molecule has 0 saturated heterocycles. The van der Waals surface area contributed by atoms with Crippen molar-refractivity contribution in [2.24, 2.45) is 5.73 Å². The third-order valence-electron chi connectivity index (χ3n) is 3.70.